The topological polar surface area (TPSA) is 69.0 Å². The van der Waals surface area contributed by atoms with Crippen LogP contribution >= 0.6 is 0 Å². The van der Waals surface area contributed by atoms with Gasteiger partial charge in [-0.15, -0.1) is 0 Å². The Balaban J connectivity index is 1.49. The molecule has 0 saturated heterocycles. The summed E-state index contributed by atoms with van der Waals surface area (Å²) in [7, 11) is 0. The highest BCUT2D eigenvalue weighted by atomic mass is 16.2. The van der Waals surface area contributed by atoms with Gasteiger partial charge < -0.3 is 14.9 Å². The zero-order valence-corrected chi connectivity index (χ0v) is 15.9. The van der Waals surface area contributed by atoms with Crippen molar-refractivity contribution in [3.05, 3.63) is 70.5 Å². The van der Waals surface area contributed by atoms with Crippen LogP contribution in [0.15, 0.2) is 42.5 Å². The van der Waals surface area contributed by atoms with E-state index in [9.17, 15) is 9.59 Å². The number of Topliss-reactive ketones (excluding diaryl/α,β-unsaturated/α-hetero) is 1. The van der Waals surface area contributed by atoms with Gasteiger partial charge in [-0.3, -0.25) is 9.59 Å². The number of carbonyl (C=O) groups excluding carboxylic acids is 2. The van der Waals surface area contributed by atoms with Gasteiger partial charge >= 0.3 is 0 Å². The lowest BCUT2D eigenvalue weighted by molar-refractivity contribution is -0.127. The SMILES string of the molecule is Cc1ccc2[nH]c3c(c2c1)CN(C(=O)C(=O)c1c(C)[nH]c2ccccc12)CC3. The Morgan fingerprint density at radius 3 is 2.61 bits per heavy atom. The molecule has 0 spiro atoms. The first kappa shape index (κ1) is 16.8. The molecule has 0 aliphatic carbocycles. The molecule has 5 heteroatoms. The predicted molar refractivity (Wildman–Crippen MR) is 110 cm³/mol. The summed E-state index contributed by atoms with van der Waals surface area (Å²) in [6.45, 7) is 4.92. The van der Waals surface area contributed by atoms with Crippen LogP contribution in [-0.4, -0.2) is 33.1 Å². The zero-order valence-electron chi connectivity index (χ0n) is 15.9. The molecule has 2 N–H and O–H groups in total. The van der Waals surface area contributed by atoms with E-state index in [1.165, 1.54) is 11.3 Å². The van der Waals surface area contributed by atoms with Crippen molar-refractivity contribution in [3.8, 4) is 0 Å². The van der Waals surface area contributed by atoms with Crippen LogP contribution in [0.5, 0.6) is 0 Å². The summed E-state index contributed by atoms with van der Waals surface area (Å²) < 4.78 is 0. The van der Waals surface area contributed by atoms with Gasteiger partial charge in [0, 0.05) is 58.3 Å². The van der Waals surface area contributed by atoms with Gasteiger partial charge in [0.25, 0.3) is 11.7 Å². The fourth-order valence-corrected chi connectivity index (χ4v) is 4.32. The molecule has 0 unspecified atom stereocenters. The summed E-state index contributed by atoms with van der Waals surface area (Å²) in [6, 6.07) is 13.9. The summed E-state index contributed by atoms with van der Waals surface area (Å²) in [4.78, 5) is 34.5. The van der Waals surface area contributed by atoms with E-state index in [0.717, 1.165) is 39.5 Å². The number of amides is 1. The maximum absolute atomic E-state index is 13.1. The molecule has 2 aromatic carbocycles. The molecule has 28 heavy (non-hydrogen) atoms. The van der Waals surface area contributed by atoms with Crippen LogP contribution < -0.4 is 0 Å². The quantitative estimate of drug-likeness (QED) is 0.412. The van der Waals surface area contributed by atoms with Gasteiger partial charge in [-0.25, -0.2) is 0 Å². The summed E-state index contributed by atoms with van der Waals surface area (Å²) in [5, 5.41) is 1.95. The van der Waals surface area contributed by atoms with Crippen molar-refractivity contribution < 1.29 is 9.59 Å². The first-order chi connectivity index (χ1) is 13.5. The zero-order chi connectivity index (χ0) is 19.4. The number of H-pyrrole nitrogens is 2. The van der Waals surface area contributed by atoms with Crippen LogP contribution in [0.25, 0.3) is 21.8 Å². The fraction of sp³-hybridized carbons (Fsp3) is 0.217. The number of nitrogens with zero attached hydrogens (tertiary/aromatic N) is 1. The minimum Gasteiger partial charge on any atom is -0.358 e. The Kier molecular flexibility index (Phi) is 3.66. The lowest BCUT2D eigenvalue weighted by Crippen LogP contribution is -2.40. The number of para-hydroxylation sites is 1. The van der Waals surface area contributed by atoms with E-state index in [4.69, 9.17) is 0 Å². The van der Waals surface area contributed by atoms with Gasteiger partial charge in [-0.05, 0) is 32.0 Å². The van der Waals surface area contributed by atoms with Crippen molar-refractivity contribution in [3.63, 3.8) is 0 Å². The second-order valence-corrected chi connectivity index (χ2v) is 7.61. The second-order valence-electron chi connectivity index (χ2n) is 7.61. The Labute approximate surface area is 162 Å². The monoisotopic (exact) mass is 371 g/mol. The Morgan fingerprint density at radius 2 is 1.75 bits per heavy atom. The van der Waals surface area contributed by atoms with Crippen LogP contribution in [0.3, 0.4) is 0 Å². The lowest BCUT2D eigenvalue weighted by Gasteiger charge is -2.26. The van der Waals surface area contributed by atoms with E-state index in [-0.39, 0.29) is 0 Å². The molecule has 2 aromatic heterocycles. The van der Waals surface area contributed by atoms with E-state index in [0.29, 0.717) is 18.7 Å². The molecule has 5 rings (SSSR count). The number of hydrogen-bond acceptors (Lipinski definition) is 2. The standard InChI is InChI=1S/C23H21N3O2/c1-13-7-8-19-16(11-13)17-12-26(10-9-20(17)25-19)23(28)22(27)21-14(2)24-18-6-4-3-5-15(18)21/h3-8,11,24-25H,9-10,12H2,1-2H3. The normalized spacial score (nSPS) is 13.9. The fourth-order valence-electron chi connectivity index (χ4n) is 4.32. The van der Waals surface area contributed by atoms with Crippen molar-refractivity contribution in [1.29, 1.82) is 0 Å². The first-order valence-corrected chi connectivity index (χ1v) is 9.54. The van der Waals surface area contributed by atoms with Gasteiger partial charge in [-0.2, -0.15) is 0 Å². The Hall–Kier alpha value is -3.34. The highest BCUT2D eigenvalue weighted by Gasteiger charge is 2.30. The third kappa shape index (κ3) is 2.47. The molecule has 0 saturated carbocycles. The molecule has 0 bridgehead atoms. The smallest absolute Gasteiger partial charge is 0.295 e. The highest BCUT2D eigenvalue weighted by Crippen LogP contribution is 2.29. The number of hydrogen-bond donors (Lipinski definition) is 2. The molecule has 0 radical (unpaired) electrons. The minimum absolute atomic E-state index is 0.430. The van der Waals surface area contributed by atoms with Crippen LogP contribution in [0.4, 0.5) is 0 Å². The maximum Gasteiger partial charge on any atom is 0.295 e. The molecule has 1 aliphatic rings. The molecular formula is C23H21N3O2. The predicted octanol–water partition coefficient (Wildman–Crippen LogP) is 4.03. The van der Waals surface area contributed by atoms with Crippen LogP contribution in [-0.2, 0) is 17.8 Å². The average Bonchev–Trinajstić information content (AvgIpc) is 3.22. The van der Waals surface area contributed by atoms with Gasteiger partial charge in [0.15, 0.2) is 0 Å². The number of ketones is 1. The van der Waals surface area contributed by atoms with E-state index >= 15 is 0 Å². The molecule has 1 amide bonds. The van der Waals surface area contributed by atoms with Gasteiger partial charge in [-0.1, -0.05) is 29.8 Å². The van der Waals surface area contributed by atoms with Gasteiger partial charge in [0.1, 0.15) is 0 Å². The van der Waals surface area contributed by atoms with Crippen molar-refractivity contribution in [2.45, 2.75) is 26.8 Å². The minimum atomic E-state index is -0.436. The van der Waals surface area contributed by atoms with Gasteiger partial charge in [0.05, 0.1) is 5.56 Å². The number of aromatic amines is 2. The molecule has 0 fully saturated rings. The molecule has 1 aliphatic heterocycles. The molecule has 0 atom stereocenters. The van der Waals surface area contributed by atoms with E-state index in [1.807, 2.05) is 31.2 Å². The van der Waals surface area contributed by atoms with E-state index < -0.39 is 11.7 Å². The van der Waals surface area contributed by atoms with Crippen molar-refractivity contribution in [1.82, 2.24) is 14.9 Å². The first-order valence-electron chi connectivity index (χ1n) is 9.54. The summed E-state index contributed by atoms with van der Waals surface area (Å²) >= 11 is 0. The largest absolute Gasteiger partial charge is 0.358 e. The third-order valence-corrected chi connectivity index (χ3v) is 5.73. The number of fused-ring (bicyclic) bond motifs is 4. The summed E-state index contributed by atoms with van der Waals surface area (Å²) in [6.07, 6.45) is 0.731. The number of benzene rings is 2. The molecule has 3 heterocycles. The molecule has 4 aromatic rings. The molecule has 5 nitrogen and oxygen atoms in total. The number of rotatable bonds is 2. The number of carbonyl (C=O) groups is 2. The van der Waals surface area contributed by atoms with Crippen molar-refractivity contribution in [2.24, 2.45) is 0 Å². The Morgan fingerprint density at radius 1 is 0.964 bits per heavy atom. The summed E-state index contributed by atoms with van der Waals surface area (Å²) in [5.41, 5.74) is 6.67. The average molecular weight is 371 g/mol. The van der Waals surface area contributed by atoms with Crippen LogP contribution in [0, 0.1) is 13.8 Å². The molecule has 140 valence electrons. The number of aromatic nitrogens is 2. The summed E-state index contributed by atoms with van der Waals surface area (Å²) in [5.74, 6) is -0.866. The second kappa shape index (κ2) is 6.09. The van der Waals surface area contributed by atoms with Crippen molar-refractivity contribution in [2.75, 3.05) is 6.54 Å². The molecular weight excluding hydrogens is 350 g/mol. The van der Waals surface area contributed by atoms with Crippen LogP contribution in [0.2, 0.25) is 0 Å². The Bertz CT molecular complexity index is 1260. The van der Waals surface area contributed by atoms with E-state index in [1.54, 1.807) is 4.90 Å². The third-order valence-electron chi connectivity index (χ3n) is 5.73. The van der Waals surface area contributed by atoms with E-state index in [2.05, 4.69) is 35.1 Å². The number of aryl methyl sites for hydroxylation is 2. The highest BCUT2D eigenvalue weighted by molar-refractivity contribution is 6.45. The van der Waals surface area contributed by atoms with Crippen LogP contribution in [0.1, 0.15) is 32.9 Å². The lowest BCUT2D eigenvalue weighted by atomic mass is 10.0. The maximum atomic E-state index is 13.1. The number of nitrogens with one attached hydrogen (secondary N) is 2. The van der Waals surface area contributed by atoms with Gasteiger partial charge in [0.2, 0.25) is 0 Å². The van der Waals surface area contributed by atoms with Crippen molar-refractivity contribution >= 4 is 33.5 Å².